The summed E-state index contributed by atoms with van der Waals surface area (Å²) in [5, 5.41) is 3.86. The van der Waals surface area contributed by atoms with E-state index in [1.807, 2.05) is 18.2 Å². The van der Waals surface area contributed by atoms with Gasteiger partial charge < -0.3 is 5.32 Å². The highest BCUT2D eigenvalue weighted by molar-refractivity contribution is 6.35. The fraction of sp³-hybridized carbons (Fsp3) is 0.182. The van der Waals surface area contributed by atoms with Gasteiger partial charge >= 0.3 is 0 Å². The third-order valence-electron chi connectivity index (χ3n) is 1.73. The molecule has 0 fully saturated rings. The van der Waals surface area contributed by atoms with Crippen LogP contribution in [0, 0.1) is 0 Å². The molecule has 0 unspecified atom stereocenters. The molecule has 4 heteroatoms. The van der Waals surface area contributed by atoms with E-state index in [0.717, 1.165) is 5.56 Å². The number of nitrogens with one attached hydrogen (secondary N) is 1. The summed E-state index contributed by atoms with van der Waals surface area (Å²) in [6.45, 7) is 1.97. The Labute approximate surface area is 98.9 Å². The van der Waals surface area contributed by atoms with Gasteiger partial charge in [-0.1, -0.05) is 41.4 Å². The van der Waals surface area contributed by atoms with Gasteiger partial charge in [0.2, 0.25) is 5.91 Å². The van der Waals surface area contributed by atoms with Gasteiger partial charge in [0.25, 0.3) is 0 Å². The molecule has 0 aliphatic heterocycles. The molecule has 0 aliphatic rings. The van der Waals surface area contributed by atoms with Crippen LogP contribution in [0.25, 0.3) is 6.08 Å². The van der Waals surface area contributed by atoms with Crippen molar-refractivity contribution < 1.29 is 4.79 Å². The number of hydrogen-bond acceptors (Lipinski definition) is 1. The Bertz CT molecular complexity index is 388. The van der Waals surface area contributed by atoms with Gasteiger partial charge in [0.15, 0.2) is 0 Å². The van der Waals surface area contributed by atoms with Gasteiger partial charge in [0, 0.05) is 23.5 Å². The Morgan fingerprint density at radius 3 is 2.80 bits per heavy atom. The number of amides is 1. The smallest absolute Gasteiger partial charge is 0.217 e. The topological polar surface area (TPSA) is 29.1 Å². The average molecular weight is 244 g/mol. The predicted molar refractivity (Wildman–Crippen MR) is 64.2 cm³/mol. The van der Waals surface area contributed by atoms with Crippen molar-refractivity contribution >= 4 is 35.2 Å². The van der Waals surface area contributed by atoms with E-state index in [1.165, 1.54) is 6.92 Å². The van der Waals surface area contributed by atoms with Gasteiger partial charge in [0.1, 0.15) is 0 Å². The van der Waals surface area contributed by atoms with E-state index in [4.69, 9.17) is 23.2 Å². The summed E-state index contributed by atoms with van der Waals surface area (Å²) in [4.78, 5) is 10.6. The number of benzene rings is 1. The van der Waals surface area contributed by atoms with E-state index in [2.05, 4.69) is 5.32 Å². The fourth-order valence-corrected chi connectivity index (χ4v) is 1.50. The summed E-state index contributed by atoms with van der Waals surface area (Å²) < 4.78 is 0. The monoisotopic (exact) mass is 243 g/mol. The van der Waals surface area contributed by atoms with Gasteiger partial charge in [-0.15, -0.1) is 0 Å². The van der Waals surface area contributed by atoms with E-state index >= 15 is 0 Å². The first-order valence-electron chi connectivity index (χ1n) is 4.45. The van der Waals surface area contributed by atoms with Crippen LogP contribution in [0.3, 0.4) is 0 Å². The van der Waals surface area contributed by atoms with Crippen LogP contribution in [0.2, 0.25) is 10.0 Å². The molecule has 1 N–H and O–H groups in total. The minimum atomic E-state index is -0.0538. The van der Waals surface area contributed by atoms with Crippen molar-refractivity contribution in [1.29, 1.82) is 0 Å². The van der Waals surface area contributed by atoms with Gasteiger partial charge in [-0.3, -0.25) is 4.79 Å². The maximum atomic E-state index is 10.6. The second kappa shape index (κ2) is 5.79. The van der Waals surface area contributed by atoms with Crippen molar-refractivity contribution in [2.45, 2.75) is 6.92 Å². The van der Waals surface area contributed by atoms with Crippen LogP contribution in [0.5, 0.6) is 0 Å². The second-order valence-electron chi connectivity index (χ2n) is 3.01. The number of carbonyl (C=O) groups excluding carboxylic acids is 1. The van der Waals surface area contributed by atoms with Crippen LogP contribution in [-0.4, -0.2) is 12.5 Å². The quantitative estimate of drug-likeness (QED) is 0.869. The molecule has 1 rings (SSSR count). The van der Waals surface area contributed by atoms with Crippen LogP contribution in [0.1, 0.15) is 12.5 Å². The molecule has 0 radical (unpaired) electrons. The summed E-state index contributed by atoms with van der Waals surface area (Å²) in [5.41, 5.74) is 0.881. The van der Waals surface area contributed by atoms with E-state index in [-0.39, 0.29) is 5.91 Å². The zero-order chi connectivity index (χ0) is 11.3. The lowest BCUT2D eigenvalue weighted by atomic mass is 10.2. The van der Waals surface area contributed by atoms with Crippen LogP contribution < -0.4 is 5.32 Å². The van der Waals surface area contributed by atoms with Crippen molar-refractivity contribution in [3.63, 3.8) is 0 Å². The van der Waals surface area contributed by atoms with E-state index in [0.29, 0.717) is 16.6 Å². The summed E-state index contributed by atoms with van der Waals surface area (Å²) in [7, 11) is 0. The van der Waals surface area contributed by atoms with E-state index in [9.17, 15) is 4.79 Å². The largest absolute Gasteiger partial charge is 0.353 e. The first-order chi connectivity index (χ1) is 7.09. The highest BCUT2D eigenvalue weighted by Crippen LogP contribution is 2.21. The standard InChI is InChI=1S/C11H11Cl2NO/c1-8(15)14-6-2-3-9-4-5-10(12)7-11(9)13/h2-5,7H,6H2,1H3,(H,14,15). The minimum Gasteiger partial charge on any atom is -0.353 e. The summed E-state index contributed by atoms with van der Waals surface area (Å²) in [6.07, 6.45) is 3.67. The number of rotatable bonds is 3. The van der Waals surface area contributed by atoms with Crippen molar-refractivity contribution in [1.82, 2.24) is 5.32 Å². The molecule has 0 saturated heterocycles. The molecule has 0 spiro atoms. The van der Waals surface area contributed by atoms with Crippen LogP contribution in [-0.2, 0) is 4.79 Å². The first-order valence-corrected chi connectivity index (χ1v) is 5.21. The Kier molecular flexibility index (Phi) is 4.66. The molecule has 80 valence electrons. The third kappa shape index (κ3) is 4.36. The third-order valence-corrected chi connectivity index (χ3v) is 2.29. The molecule has 15 heavy (non-hydrogen) atoms. The van der Waals surface area contributed by atoms with Crippen molar-refractivity contribution in [2.75, 3.05) is 6.54 Å². The molecule has 1 aromatic carbocycles. The van der Waals surface area contributed by atoms with Gasteiger partial charge in [0.05, 0.1) is 0 Å². The molecule has 2 nitrogen and oxygen atoms in total. The number of hydrogen-bond donors (Lipinski definition) is 1. The normalized spacial score (nSPS) is 10.6. The summed E-state index contributed by atoms with van der Waals surface area (Å²) in [5.74, 6) is -0.0538. The summed E-state index contributed by atoms with van der Waals surface area (Å²) in [6, 6.07) is 5.28. The second-order valence-corrected chi connectivity index (χ2v) is 3.85. The molecule has 0 heterocycles. The SMILES string of the molecule is CC(=O)NCC=Cc1ccc(Cl)cc1Cl. The molecular weight excluding hydrogens is 233 g/mol. The Hall–Kier alpha value is -0.990. The fourth-order valence-electron chi connectivity index (χ4n) is 1.03. The molecule has 0 atom stereocenters. The van der Waals surface area contributed by atoms with Crippen LogP contribution in [0.15, 0.2) is 24.3 Å². The molecule has 0 bridgehead atoms. The Balaban J connectivity index is 2.60. The highest BCUT2D eigenvalue weighted by Gasteiger charge is 1.96. The number of carbonyl (C=O) groups is 1. The lowest BCUT2D eigenvalue weighted by Gasteiger charge is -1.99. The Morgan fingerprint density at radius 2 is 2.20 bits per heavy atom. The zero-order valence-electron chi connectivity index (χ0n) is 8.26. The van der Waals surface area contributed by atoms with Crippen LogP contribution >= 0.6 is 23.2 Å². The lowest BCUT2D eigenvalue weighted by Crippen LogP contribution is -2.19. The molecule has 0 aromatic heterocycles. The predicted octanol–water partition coefficient (Wildman–Crippen LogP) is 3.14. The Morgan fingerprint density at radius 1 is 1.47 bits per heavy atom. The molecule has 0 aliphatic carbocycles. The van der Waals surface area contributed by atoms with Crippen molar-refractivity contribution in [2.24, 2.45) is 0 Å². The molecule has 1 amide bonds. The van der Waals surface area contributed by atoms with Gasteiger partial charge in [-0.2, -0.15) is 0 Å². The minimum absolute atomic E-state index is 0.0538. The van der Waals surface area contributed by atoms with Crippen molar-refractivity contribution in [3.05, 3.63) is 39.9 Å². The molecule has 0 saturated carbocycles. The highest BCUT2D eigenvalue weighted by atomic mass is 35.5. The average Bonchev–Trinajstić information content (AvgIpc) is 2.14. The lowest BCUT2D eigenvalue weighted by molar-refractivity contribution is -0.118. The van der Waals surface area contributed by atoms with Crippen molar-refractivity contribution in [3.8, 4) is 0 Å². The first kappa shape index (κ1) is 12.1. The molecule has 1 aromatic rings. The van der Waals surface area contributed by atoms with Crippen LogP contribution in [0.4, 0.5) is 0 Å². The summed E-state index contributed by atoms with van der Waals surface area (Å²) >= 11 is 11.7. The van der Waals surface area contributed by atoms with Gasteiger partial charge in [-0.25, -0.2) is 0 Å². The van der Waals surface area contributed by atoms with E-state index < -0.39 is 0 Å². The van der Waals surface area contributed by atoms with Gasteiger partial charge in [-0.05, 0) is 17.7 Å². The molecular formula is C11H11Cl2NO. The number of halogens is 2. The maximum absolute atomic E-state index is 10.6. The van der Waals surface area contributed by atoms with E-state index in [1.54, 1.807) is 12.1 Å². The zero-order valence-corrected chi connectivity index (χ0v) is 9.77. The maximum Gasteiger partial charge on any atom is 0.217 e.